The number of rotatable bonds is 3. The van der Waals surface area contributed by atoms with Crippen molar-refractivity contribution in [1.82, 2.24) is 19.8 Å². The summed E-state index contributed by atoms with van der Waals surface area (Å²) in [6.07, 6.45) is 1.55. The van der Waals surface area contributed by atoms with Crippen LogP contribution in [0.5, 0.6) is 0 Å². The van der Waals surface area contributed by atoms with Crippen LogP contribution in [0.2, 0.25) is 0 Å². The van der Waals surface area contributed by atoms with Gasteiger partial charge in [-0.3, -0.25) is 9.59 Å². The summed E-state index contributed by atoms with van der Waals surface area (Å²) in [5.41, 5.74) is 4.47. The van der Waals surface area contributed by atoms with E-state index < -0.39 is 12.3 Å². The highest BCUT2D eigenvalue weighted by Gasteiger charge is 2.39. The zero-order valence-electron chi connectivity index (χ0n) is 16.8. The number of imidazole rings is 1. The molecule has 0 radical (unpaired) electrons. The molecule has 1 aromatic carbocycles. The van der Waals surface area contributed by atoms with E-state index in [-0.39, 0.29) is 11.8 Å². The first-order valence-electron chi connectivity index (χ1n) is 9.92. The molecule has 1 fully saturated rings. The Bertz CT molecular complexity index is 1170. The number of piperidine rings is 1. The molecule has 5 rings (SSSR count). The molecule has 3 aromatic rings. The van der Waals surface area contributed by atoms with Gasteiger partial charge in [0.15, 0.2) is 0 Å². The molecule has 2 amide bonds. The van der Waals surface area contributed by atoms with E-state index in [1.807, 2.05) is 36.1 Å². The smallest absolute Gasteiger partial charge is 0.254 e. The van der Waals surface area contributed by atoms with Crippen LogP contribution >= 0.6 is 11.3 Å². The summed E-state index contributed by atoms with van der Waals surface area (Å²) in [4.78, 5) is 33.1. The Morgan fingerprint density at radius 1 is 1.23 bits per heavy atom. The van der Waals surface area contributed by atoms with Gasteiger partial charge >= 0.3 is 0 Å². The van der Waals surface area contributed by atoms with E-state index in [4.69, 9.17) is 0 Å². The zero-order chi connectivity index (χ0) is 21.0. The maximum absolute atomic E-state index is 13.0. The number of amides is 2. The Labute approximate surface area is 178 Å². The van der Waals surface area contributed by atoms with Crippen LogP contribution in [-0.2, 0) is 18.4 Å². The molecule has 2 atom stereocenters. The molecule has 2 unspecified atom stereocenters. The highest BCUT2D eigenvalue weighted by molar-refractivity contribution is 7.15. The number of nitrogens with zero attached hydrogens (tertiary/aromatic N) is 3. The first-order chi connectivity index (χ1) is 14.4. The Hall–Kier alpha value is -2.97. The molecular weight excluding hydrogens is 400 g/mol. The molecule has 30 heavy (non-hydrogen) atoms. The molecule has 8 heteroatoms. The number of nitrogens with one attached hydrogen (secondary N) is 1. The van der Waals surface area contributed by atoms with Gasteiger partial charge < -0.3 is 19.9 Å². The minimum absolute atomic E-state index is 0.105. The first-order valence-corrected chi connectivity index (χ1v) is 10.7. The van der Waals surface area contributed by atoms with Crippen molar-refractivity contribution in [2.24, 2.45) is 7.05 Å². The minimum atomic E-state index is -1.03. The molecule has 2 N–H and O–H groups in total. The lowest BCUT2D eigenvalue weighted by Gasteiger charge is -2.35. The number of hydrogen-bond donors (Lipinski definition) is 2. The summed E-state index contributed by atoms with van der Waals surface area (Å²) < 4.78 is 2.02. The highest BCUT2D eigenvalue weighted by atomic mass is 32.1. The summed E-state index contributed by atoms with van der Waals surface area (Å²) in [6.45, 7) is 2.50. The van der Waals surface area contributed by atoms with Crippen LogP contribution in [-0.4, -0.2) is 43.6 Å². The number of carbonyl (C=O) groups is 2. The second kappa shape index (κ2) is 7.07. The molecule has 1 saturated heterocycles. The topological polar surface area (TPSA) is 87.5 Å². The number of benzene rings is 1. The number of fused-ring (bicyclic) bond motifs is 1. The number of aryl methyl sites for hydroxylation is 2. The van der Waals surface area contributed by atoms with Crippen molar-refractivity contribution in [3.8, 4) is 21.8 Å². The van der Waals surface area contributed by atoms with Crippen LogP contribution < -0.4 is 5.32 Å². The van der Waals surface area contributed by atoms with Gasteiger partial charge in [0.1, 0.15) is 6.23 Å². The van der Waals surface area contributed by atoms with E-state index in [0.717, 1.165) is 27.4 Å². The number of carbonyl (C=O) groups excluding carboxylic acids is 2. The number of aliphatic hydroxyl groups excluding tert-OH is 1. The van der Waals surface area contributed by atoms with Crippen molar-refractivity contribution < 1.29 is 14.7 Å². The summed E-state index contributed by atoms with van der Waals surface area (Å²) in [5, 5.41) is 12.8. The number of aromatic nitrogens is 2. The Morgan fingerprint density at radius 3 is 2.80 bits per heavy atom. The van der Waals surface area contributed by atoms with E-state index in [2.05, 4.69) is 29.4 Å². The van der Waals surface area contributed by atoms with Crippen molar-refractivity contribution in [3.05, 3.63) is 52.7 Å². The Kier molecular flexibility index (Phi) is 4.48. The van der Waals surface area contributed by atoms with E-state index in [1.54, 1.807) is 16.2 Å². The molecule has 0 spiro atoms. The molecule has 0 saturated carbocycles. The van der Waals surface area contributed by atoms with Crippen LogP contribution in [0, 0.1) is 6.92 Å². The summed E-state index contributed by atoms with van der Waals surface area (Å²) >= 11 is 1.73. The standard InChI is InChI=1S/C22H22N4O3S/c1-12-3-7-17(30-12)20-19(23-11-25(20)2)13-4-5-15-14(9-13)10-26(22(15)29)16-6-8-18(27)24-21(16)28/h3-5,7,9,11,16,21,28H,6,8,10H2,1-2H3,(H,24,27). The normalized spacial score (nSPS) is 21.1. The lowest BCUT2D eigenvalue weighted by Crippen LogP contribution is -2.55. The third-order valence-corrected chi connectivity index (χ3v) is 6.87. The number of hydrogen-bond acceptors (Lipinski definition) is 5. The summed E-state index contributed by atoms with van der Waals surface area (Å²) in [5.74, 6) is -0.288. The second-order valence-corrected chi connectivity index (χ2v) is 9.17. The second-order valence-electron chi connectivity index (χ2n) is 7.89. The van der Waals surface area contributed by atoms with Crippen molar-refractivity contribution in [2.45, 2.75) is 38.6 Å². The van der Waals surface area contributed by atoms with Gasteiger partial charge in [-0.25, -0.2) is 4.98 Å². The fraction of sp³-hybridized carbons (Fsp3) is 0.318. The highest BCUT2D eigenvalue weighted by Crippen LogP contribution is 2.37. The van der Waals surface area contributed by atoms with E-state index in [9.17, 15) is 14.7 Å². The maximum Gasteiger partial charge on any atom is 0.254 e. The van der Waals surface area contributed by atoms with Crippen molar-refractivity contribution in [2.75, 3.05) is 0 Å². The lowest BCUT2D eigenvalue weighted by molar-refractivity contribution is -0.129. The molecule has 0 bridgehead atoms. The molecular formula is C22H22N4O3S. The van der Waals surface area contributed by atoms with Crippen LogP contribution in [0.1, 0.15) is 33.6 Å². The van der Waals surface area contributed by atoms with Crippen molar-refractivity contribution in [3.63, 3.8) is 0 Å². The van der Waals surface area contributed by atoms with Gasteiger partial charge in [0.2, 0.25) is 5.91 Å². The molecule has 2 aliphatic heterocycles. The third kappa shape index (κ3) is 3.03. The third-order valence-electron chi connectivity index (χ3n) is 5.86. The van der Waals surface area contributed by atoms with Crippen LogP contribution in [0.15, 0.2) is 36.7 Å². The molecule has 0 aliphatic carbocycles. The molecule has 7 nitrogen and oxygen atoms in total. The molecule has 2 aromatic heterocycles. The van der Waals surface area contributed by atoms with E-state index in [0.29, 0.717) is 24.9 Å². The fourth-order valence-electron chi connectivity index (χ4n) is 4.35. The fourth-order valence-corrected chi connectivity index (χ4v) is 5.31. The van der Waals surface area contributed by atoms with E-state index in [1.165, 1.54) is 4.88 Å². The number of aliphatic hydroxyl groups is 1. The largest absolute Gasteiger partial charge is 0.372 e. The quantitative estimate of drug-likeness (QED) is 0.679. The van der Waals surface area contributed by atoms with Gasteiger partial charge in [-0.15, -0.1) is 11.3 Å². The van der Waals surface area contributed by atoms with Gasteiger partial charge in [0, 0.05) is 36.0 Å². The van der Waals surface area contributed by atoms with Crippen molar-refractivity contribution in [1.29, 1.82) is 0 Å². The molecule has 154 valence electrons. The summed E-state index contributed by atoms with van der Waals surface area (Å²) in [7, 11) is 1.98. The first kappa shape index (κ1) is 19.0. The summed E-state index contributed by atoms with van der Waals surface area (Å²) in [6, 6.07) is 9.60. The number of thiophene rings is 1. The predicted octanol–water partition coefficient (Wildman–Crippen LogP) is 2.68. The van der Waals surface area contributed by atoms with Gasteiger partial charge in [-0.1, -0.05) is 6.07 Å². The van der Waals surface area contributed by atoms with Gasteiger partial charge in [-0.2, -0.15) is 0 Å². The van der Waals surface area contributed by atoms with Crippen LogP contribution in [0.4, 0.5) is 0 Å². The zero-order valence-corrected chi connectivity index (χ0v) is 17.6. The predicted molar refractivity (Wildman–Crippen MR) is 114 cm³/mol. The Morgan fingerprint density at radius 2 is 2.07 bits per heavy atom. The maximum atomic E-state index is 13.0. The Balaban J connectivity index is 1.48. The lowest BCUT2D eigenvalue weighted by atomic mass is 10.0. The van der Waals surface area contributed by atoms with E-state index >= 15 is 0 Å². The molecule has 4 heterocycles. The average Bonchev–Trinajstić information content (AvgIpc) is 3.39. The van der Waals surface area contributed by atoms with Crippen molar-refractivity contribution >= 4 is 23.2 Å². The van der Waals surface area contributed by atoms with Gasteiger partial charge in [0.25, 0.3) is 5.91 Å². The van der Waals surface area contributed by atoms with Crippen LogP contribution in [0.3, 0.4) is 0 Å². The van der Waals surface area contributed by atoms with Gasteiger partial charge in [0.05, 0.1) is 28.6 Å². The monoisotopic (exact) mass is 422 g/mol. The average molecular weight is 423 g/mol. The SMILES string of the molecule is Cc1ccc(-c2c(-c3ccc4c(c3)CN(C3CCC(=O)NC3O)C4=O)ncn2C)s1. The van der Waals surface area contributed by atoms with Crippen LogP contribution in [0.25, 0.3) is 21.8 Å². The molecule has 2 aliphatic rings. The minimum Gasteiger partial charge on any atom is -0.372 e. The van der Waals surface area contributed by atoms with Gasteiger partial charge in [-0.05, 0) is 43.2 Å².